The van der Waals surface area contributed by atoms with Gasteiger partial charge < -0.3 is 114 Å². The van der Waals surface area contributed by atoms with Gasteiger partial charge in [-0.2, -0.15) is 0 Å². The second-order valence-electron chi connectivity index (χ2n) is 15.7. The summed E-state index contributed by atoms with van der Waals surface area (Å²) in [6.45, 7) is 1.24. The predicted octanol–water partition coefficient (Wildman–Crippen LogP) is -5.07. The van der Waals surface area contributed by atoms with Crippen molar-refractivity contribution < 1.29 is 114 Å². The zero-order valence-electron chi connectivity index (χ0n) is 33.3. The van der Waals surface area contributed by atoms with Crippen LogP contribution in [0.3, 0.4) is 0 Å². The Kier molecular flexibility index (Phi) is 14.1. The number of phenolic OH excluding ortho intramolecular Hbond substituents is 2. The van der Waals surface area contributed by atoms with Crippen molar-refractivity contribution in [3.05, 3.63) is 46.6 Å². The first-order valence-electron chi connectivity index (χ1n) is 19.8. The third-order valence-corrected chi connectivity index (χ3v) is 11.3. The molecule has 3 aromatic rings. The number of aliphatic hydroxyl groups is 12. The van der Waals surface area contributed by atoms with Crippen LogP contribution >= 0.6 is 0 Å². The summed E-state index contributed by atoms with van der Waals surface area (Å²) in [5.41, 5.74) is -1.46. The number of hydrogen-bond acceptors (Lipinski definition) is 24. The second kappa shape index (κ2) is 18.9. The molecule has 0 bridgehead atoms. The number of phenols is 2. The molecule has 14 N–H and O–H groups in total. The van der Waals surface area contributed by atoms with E-state index in [4.69, 9.17) is 42.3 Å². The fourth-order valence-electron chi connectivity index (χ4n) is 7.56. The van der Waals surface area contributed by atoms with E-state index < -0.39 is 164 Å². The maximum atomic E-state index is 14.5. The molecule has 63 heavy (non-hydrogen) atoms. The number of fused-ring (bicyclic) bond motifs is 1. The van der Waals surface area contributed by atoms with Gasteiger partial charge in [-0.1, -0.05) is 0 Å². The fourth-order valence-corrected chi connectivity index (χ4v) is 7.56. The van der Waals surface area contributed by atoms with Gasteiger partial charge in [0.1, 0.15) is 108 Å². The van der Waals surface area contributed by atoms with E-state index in [-0.39, 0.29) is 22.6 Å². The molecule has 20 atom stereocenters. The predicted molar refractivity (Wildman–Crippen MR) is 202 cm³/mol. The largest absolute Gasteiger partial charge is 0.508 e. The van der Waals surface area contributed by atoms with Gasteiger partial charge in [-0.15, -0.1) is 0 Å². The van der Waals surface area contributed by atoms with Crippen LogP contribution in [0.5, 0.6) is 23.0 Å². The van der Waals surface area contributed by atoms with Crippen LogP contribution in [0.2, 0.25) is 0 Å². The van der Waals surface area contributed by atoms with Crippen molar-refractivity contribution in [2.24, 2.45) is 0 Å². The van der Waals surface area contributed by atoms with Gasteiger partial charge in [0.2, 0.25) is 23.8 Å². The Labute approximate surface area is 355 Å². The molecule has 0 saturated carbocycles. The molecule has 4 aliphatic heterocycles. The molecule has 0 radical (unpaired) electrons. The van der Waals surface area contributed by atoms with Crippen molar-refractivity contribution in [2.75, 3.05) is 13.2 Å². The second-order valence-corrected chi connectivity index (χ2v) is 15.7. The van der Waals surface area contributed by atoms with Crippen LogP contribution in [0, 0.1) is 0 Å². The Hall–Kier alpha value is -3.87. The van der Waals surface area contributed by atoms with Gasteiger partial charge in [0, 0.05) is 17.7 Å². The Balaban J connectivity index is 1.27. The van der Waals surface area contributed by atoms with Crippen molar-refractivity contribution in [3.63, 3.8) is 0 Å². The van der Waals surface area contributed by atoms with E-state index in [0.29, 0.717) is 0 Å². The number of aromatic hydroxyl groups is 2. The van der Waals surface area contributed by atoms with Gasteiger partial charge in [-0.3, -0.25) is 4.79 Å². The maximum Gasteiger partial charge on any atom is 0.239 e. The van der Waals surface area contributed by atoms with Crippen LogP contribution in [0.1, 0.15) is 13.8 Å². The van der Waals surface area contributed by atoms with Crippen LogP contribution in [-0.2, 0) is 28.4 Å². The summed E-state index contributed by atoms with van der Waals surface area (Å²) in [6, 6.07) is 7.03. The highest BCUT2D eigenvalue weighted by Gasteiger charge is 2.52. The average Bonchev–Trinajstić information content (AvgIpc) is 3.25. The van der Waals surface area contributed by atoms with E-state index in [1.54, 1.807) is 0 Å². The summed E-state index contributed by atoms with van der Waals surface area (Å²) in [7, 11) is 0. The van der Waals surface area contributed by atoms with Gasteiger partial charge in [0.05, 0.1) is 25.4 Å². The van der Waals surface area contributed by atoms with E-state index in [0.717, 1.165) is 12.1 Å². The Bertz CT molecular complexity index is 2080. The van der Waals surface area contributed by atoms with Crippen LogP contribution in [0.25, 0.3) is 22.3 Å². The highest BCUT2D eigenvalue weighted by atomic mass is 16.8. The molecule has 0 aliphatic carbocycles. The number of benzene rings is 2. The lowest BCUT2D eigenvalue weighted by Crippen LogP contribution is -2.65. The molecule has 350 valence electrons. The van der Waals surface area contributed by atoms with Crippen LogP contribution in [-0.4, -0.2) is 208 Å². The fraction of sp³-hybridized carbons (Fsp3) is 0.615. The minimum absolute atomic E-state index is 0.0468. The summed E-state index contributed by atoms with van der Waals surface area (Å²) < 4.78 is 51.8. The third-order valence-electron chi connectivity index (χ3n) is 11.3. The lowest BCUT2D eigenvalue weighted by Gasteiger charge is -2.46. The highest BCUT2D eigenvalue weighted by molar-refractivity contribution is 5.88. The van der Waals surface area contributed by atoms with Gasteiger partial charge in [-0.25, -0.2) is 0 Å². The van der Waals surface area contributed by atoms with Crippen LogP contribution in [0.15, 0.2) is 45.6 Å². The molecule has 9 unspecified atom stereocenters. The molecule has 7 rings (SSSR count). The number of hydrogen-bond donors (Lipinski definition) is 14. The van der Waals surface area contributed by atoms with E-state index in [1.807, 2.05) is 0 Å². The number of ether oxygens (including phenoxy) is 8. The topological polar surface area (TPSA) is 387 Å². The SMILES string of the molecule is CC1O[C@@H](OCC2O[C@@H](Oc3c(-c4ccc(O)cc4)oc4cc(O[C@@H]5OC(CO)[C@@H](O)[C@H](O)C5O)cc(O)c4c3=O)C(O[C@H]3OC(C)[C@H](O)[C@@H](O)C3O)C(O)[C@H]2O)C(O)[C@@H](O)[C@H]1O. The molecule has 0 spiro atoms. The van der Waals surface area contributed by atoms with Gasteiger partial charge in [-0.05, 0) is 38.1 Å². The van der Waals surface area contributed by atoms with E-state index in [9.17, 15) is 76.3 Å². The third kappa shape index (κ3) is 9.19. The van der Waals surface area contributed by atoms with Gasteiger partial charge in [0.25, 0.3) is 0 Å². The number of aliphatic hydroxyl groups excluding tert-OH is 12. The maximum absolute atomic E-state index is 14.5. The molecule has 4 fully saturated rings. The molecule has 4 saturated heterocycles. The zero-order valence-corrected chi connectivity index (χ0v) is 33.3. The molecule has 5 heterocycles. The average molecular weight is 903 g/mol. The quantitative estimate of drug-likeness (QED) is 0.0856. The van der Waals surface area contributed by atoms with E-state index in [1.165, 1.54) is 38.1 Å². The van der Waals surface area contributed by atoms with Crippen molar-refractivity contribution >= 4 is 11.0 Å². The first-order valence-corrected chi connectivity index (χ1v) is 19.8. The molecule has 0 amide bonds. The minimum atomic E-state index is -2.07. The first kappa shape index (κ1) is 47.1. The van der Waals surface area contributed by atoms with Crippen molar-refractivity contribution in [1.82, 2.24) is 0 Å². The summed E-state index contributed by atoms with van der Waals surface area (Å²) in [5, 5.41) is 147. The molecular weight excluding hydrogens is 852 g/mol. The summed E-state index contributed by atoms with van der Waals surface area (Å²) in [5.74, 6) is -2.50. The lowest BCUT2D eigenvalue weighted by molar-refractivity contribution is -0.360. The minimum Gasteiger partial charge on any atom is -0.508 e. The first-order chi connectivity index (χ1) is 29.8. The molecule has 24 nitrogen and oxygen atoms in total. The van der Waals surface area contributed by atoms with Gasteiger partial charge in [0.15, 0.2) is 24.4 Å². The van der Waals surface area contributed by atoms with E-state index >= 15 is 0 Å². The molecular formula is C39H50O24. The normalized spacial score (nSPS) is 41.0. The summed E-state index contributed by atoms with van der Waals surface area (Å²) in [4.78, 5) is 14.5. The van der Waals surface area contributed by atoms with Crippen molar-refractivity contribution in [3.8, 4) is 34.3 Å². The Morgan fingerprint density at radius 1 is 0.587 bits per heavy atom. The van der Waals surface area contributed by atoms with Gasteiger partial charge >= 0.3 is 0 Å². The monoisotopic (exact) mass is 902 g/mol. The number of rotatable bonds is 11. The van der Waals surface area contributed by atoms with E-state index in [2.05, 4.69) is 0 Å². The van der Waals surface area contributed by atoms with Crippen LogP contribution in [0.4, 0.5) is 0 Å². The highest BCUT2D eigenvalue weighted by Crippen LogP contribution is 2.40. The van der Waals surface area contributed by atoms with Crippen LogP contribution < -0.4 is 14.9 Å². The summed E-state index contributed by atoms with van der Waals surface area (Å²) in [6.07, 6.45) is -34.0. The summed E-state index contributed by atoms with van der Waals surface area (Å²) >= 11 is 0. The standard InChI is InChI=1S/C39H50O24/c1-11-21(43)26(48)30(52)36(56-11)55-10-19-24(46)29(51)35(63-37-31(53)27(49)22(44)12(2)57-37)39(61-19)62-34-25(47)20-16(42)7-15(58-38-32(54)28(50)23(45)18(9-40)60-38)8-17(20)59-33(34)13-3-5-14(41)6-4-13/h3-8,11-12,18-19,21-24,26-32,35-46,48-54H,9-10H2,1-2H3/t11?,12?,18?,19?,21-,22-,23+,24-,26-,27+,28-,29?,30?,31?,32?,35?,36+,37+,38+,39-/m0/s1. The zero-order chi connectivity index (χ0) is 45.8. The molecule has 1 aromatic heterocycles. The Morgan fingerprint density at radius 3 is 1.78 bits per heavy atom. The lowest BCUT2D eigenvalue weighted by atomic mass is 9.97. The molecule has 2 aromatic carbocycles. The van der Waals surface area contributed by atoms with Crippen molar-refractivity contribution in [2.45, 2.75) is 137 Å². The smallest absolute Gasteiger partial charge is 0.239 e. The molecule has 24 heteroatoms. The van der Waals surface area contributed by atoms with Crippen molar-refractivity contribution in [1.29, 1.82) is 0 Å². The molecule has 4 aliphatic rings. The Morgan fingerprint density at radius 2 is 1.14 bits per heavy atom.